The number of hydrogen-bond acceptors (Lipinski definition) is 3. The molecule has 0 aliphatic heterocycles. The van der Waals surface area contributed by atoms with E-state index in [4.69, 9.17) is 0 Å². The largest absolute Gasteiger partial charge is 0.274 e. The van der Waals surface area contributed by atoms with Gasteiger partial charge < -0.3 is 0 Å². The maximum Gasteiger partial charge on any atom is 0.270 e. The predicted octanol–water partition coefficient (Wildman–Crippen LogP) is 2.74. The molecule has 0 aliphatic rings. The van der Waals surface area contributed by atoms with Crippen molar-refractivity contribution in [3.63, 3.8) is 0 Å². The number of anilines is 1. The Morgan fingerprint density at radius 3 is 2.00 bits per heavy atom. The smallest absolute Gasteiger partial charge is 0.270 e. The van der Waals surface area contributed by atoms with Crippen LogP contribution in [0, 0.1) is 6.92 Å². The zero-order valence-electron chi connectivity index (χ0n) is 11.3. The Hall–Kier alpha value is -2.14. The minimum Gasteiger partial charge on any atom is -0.274 e. The van der Waals surface area contributed by atoms with Crippen LogP contribution in [0.4, 0.5) is 5.69 Å². The third-order valence-corrected chi connectivity index (χ3v) is 4.65. The standard InChI is InChI=1S/C15H15NO3S/c1-12-8-10-15(11-9-12)20(18,19)16(13(2)17)14-6-4-3-5-7-14/h3-11H,1-2H3. The van der Waals surface area contributed by atoms with Gasteiger partial charge in [-0.3, -0.25) is 4.79 Å². The molecule has 0 saturated carbocycles. The van der Waals surface area contributed by atoms with Crippen molar-refractivity contribution in [2.24, 2.45) is 0 Å². The molecule has 2 aromatic carbocycles. The number of sulfonamides is 1. The highest BCUT2D eigenvalue weighted by atomic mass is 32.2. The lowest BCUT2D eigenvalue weighted by Crippen LogP contribution is -2.35. The van der Waals surface area contributed by atoms with Crippen LogP contribution in [0.5, 0.6) is 0 Å². The first kappa shape index (κ1) is 14.3. The van der Waals surface area contributed by atoms with Crippen molar-refractivity contribution in [2.45, 2.75) is 18.7 Å². The molecular weight excluding hydrogens is 274 g/mol. The molecule has 0 unspecified atom stereocenters. The zero-order valence-corrected chi connectivity index (χ0v) is 12.1. The number of aryl methyl sites for hydroxylation is 1. The molecule has 0 radical (unpaired) electrons. The van der Waals surface area contributed by atoms with Crippen LogP contribution in [-0.2, 0) is 14.8 Å². The van der Waals surface area contributed by atoms with E-state index in [1.165, 1.54) is 19.1 Å². The van der Waals surface area contributed by atoms with Crippen LogP contribution in [0.2, 0.25) is 0 Å². The zero-order chi connectivity index (χ0) is 14.8. The van der Waals surface area contributed by atoms with Crippen molar-refractivity contribution in [3.05, 3.63) is 60.2 Å². The Labute approximate surface area is 118 Å². The predicted molar refractivity (Wildman–Crippen MR) is 78.0 cm³/mol. The molecule has 4 nitrogen and oxygen atoms in total. The molecule has 20 heavy (non-hydrogen) atoms. The quantitative estimate of drug-likeness (QED) is 0.873. The summed E-state index contributed by atoms with van der Waals surface area (Å²) in [6.07, 6.45) is 0. The van der Waals surface area contributed by atoms with E-state index in [2.05, 4.69) is 0 Å². The van der Waals surface area contributed by atoms with Crippen LogP contribution >= 0.6 is 0 Å². The van der Waals surface area contributed by atoms with Crippen LogP contribution in [0.3, 0.4) is 0 Å². The van der Waals surface area contributed by atoms with Gasteiger partial charge in [0.25, 0.3) is 10.0 Å². The minimum atomic E-state index is -3.89. The number of carbonyl (C=O) groups is 1. The summed E-state index contributed by atoms with van der Waals surface area (Å²) in [5.41, 5.74) is 1.29. The first-order valence-electron chi connectivity index (χ1n) is 6.10. The van der Waals surface area contributed by atoms with E-state index in [1.54, 1.807) is 42.5 Å². The monoisotopic (exact) mass is 289 g/mol. The maximum atomic E-state index is 12.6. The molecule has 2 aromatic rings. The van der Waals surface area contributed by atoms with E-state index in [0.717, 1.165) is 9.87 Å². The Balaban J connectivity index is 2.54. The molecule has 0 fully saturated rings. The van der Waals surface area contributed by atoms with Gasteiger partial charge in [-0.05, 0) is 31.2 Å². The Morgan fingerprint density at radius 1 is 0.950 bits per heavy atom. The molecule has 0 atom stereocenters. The Kier molecular flexibility index (Phi) is 3.90. The average molecular weight is 289 g/mol. The van der Waals surface area contributed by atoms with Crippen molar-refractivity contribution in [1.29, 1.82) is 0 Å². The SMILES string of the molecule is CC(=O)N(c1ccccc1)S(=O)(=O)c1ccc(C)cc1. The van der Waals surface area contributed by atoms with Gasteiger partial charge in [-0.25, -0.2) is 12.7 Å². The van der Waals surface area contributed by atoms with E-state index in [1.807, 2.05) is 6.92 Å². The lowest BCUT2D eigenvalue weighted by molar-refractivity contribution is -0.115. The van der Waals surface area contributed by atoms with Crippen LogP contribution in [0.15, 0.2) is 59.5 Å². The van der Waals surface area contributed by atoms with Gasteiger partial charge in [-0.1, -0.05) is 35.9 Å². The van der Waals surface area contributed by atoms with Gasteiger partial charge in [0.2, 0.25) is 5.91 Å². The molecule has 5 heteroatoms. The fraction of sp³-hybridized carbons (Fsp3) is 0.133. The first-order valence-corrected chi connectivity index (χ1v) is 7.54. The summed E-state index contributed by atoms with van der Waals surface area (Å²) < 4.78 is 26.0. The molecule has 0 saturated heterocycles. The molecular formula is C15H15NO3S. The summed E-state index contributed by atoms with van der Waals surface area (Å²) in [5, 5.41) is 0. The molecule has 0 N–H and O–H groups in total. The molecule has 0 heterocycles. The Bertz CT molecular complexity index is 707. The summed E-state index contributed by atoms with van der Waals surface area (Å²) >= 11 is 0. The fourth-order valence-electron chi connectivity index (χ4n) is 1.87. The van der Waals surface area contributed by atoms with Gasteiger partial charge in [-0.15, -0.1) is 0 Å². The number of rotatable bonds is 3. The molecule has 1 amide bonds. The van der Waals surface area contributed by atoms with Gasteiger partial charge in [0, 0.05) is 6.92 Å². The van der Waals surface area contributed by atoms with Gasteiger partial charge in [0.05, 0.1) is 10.6 Å². The molecule has 2 rings (SSSR count). The highest BCUT2D eigenvalue weighted by molar-refractivity contribution is 7.93. The number of carbonyl (C=O) groups excluding carboxylic acids is 1. The number of hydrogen-bond donors (Lipinski definition) is 0. The van der Waals surface area contributed by atoms with Crippen LogP contribution < -0.4 is 4.31 Å². The molecule has 0 aliphatic carbocycles. The van der Waals surface area contributed by atoms with Gasteiger partial charge >= 0.3 is 0 Å². The Morgan fingerprint density at radius 2 is 1.50 bits per heavy atom. The average Bonchev–Trinajstić information content (AvgIpc) is 2.39. The van der Waals surface area contributed by atoms with E-state index in [-0.39, 0.29) is 4.90 Å². The maximum absolute atomic E-state index is 12.6. The van der Waals surface area contributed by atoms with Crippen molar-refractivity contribution >= 4 is 21.6 Å². The molecule has 0 spiro atoms. The first-order chi connectivity index (χ1) is 9.43. The highest BCUT2D eigenvalue weighted by Gasteiger charge is 2.28. The molecule has 0 aromatic heterocycles. The van der Waals surface area contributed by atoms with Gasteiger partial charge in [0.15, 0.2) is 0 Å². The molecule has 0 bridgehead atoms. The number of amides is 1. The highest BCUT2D eigenvalue weighted by Crippen LogP contribution is 2.23. The summed E-state index contributed by atoms with van der Waals surface area (Å²) in [6, 6.07) is 14.7. The number of nitrogens with zero attached hydrogens (tertiary/aromatic N) is 1. The van der Waals surface area contributed by atoms with Crippen molar-refractivity contribution in [3.8, 4) is 0 Å². The van der Waals surface area contributed by atoms with Gasteiger partial charge in [-0.2, -0.15) is 0 Å². The van der Waals surface area contributed by atoms with Crippen LogP contribution in [0.1, 0.15) is 12.5 Å². The fourth-order valence-corrected chi connectivity index (χ4v) is 3.30. The second-order valence-corrected chi connectivity index (χ2v) is 6.22. The van der Waals surface area contributed by atoms with E-state index in [0.29, 0.717) is 5.69 Å². The minimum absolute atomic E-state index is 0.0992. The van der Waals surface area contributed by atoms with Crippen LogP contribution in [0.25, 0.3) is 0 Å². The normalized spacial score (nSPS) is 11.1. The number of para-hydroxylation sites is 1. The van der Waals surface area contributed by atoms with E-state index < -0.39 is 15.9 Å². The topological polar surface area (TPSA) is 54.5 Å². The van der Waals surface area contributed by atoms with Crippen molar-refractivity contribution < 1.29 is 13.2 Å². The summed E-state index contributed by atoms with van der Waals surface area (Å²) in [4.78, 5) is 11.9. The second kappa shape index (κ2) is 5.46. The third-order valence-electron chi connectivity index (χ3n) is 2.84. The van der Waals surface area contributed by atoms with Crippen molar-refractivity contribution in [2.75, 3.05) is 4.31 Å². The lowest BCUT2D eigenvalue weighted by Gasteiger charge is -2.21. The number of benzene rings is 2. The molecule has 104 valence electrons. The summed E-state index contributed by atoms with van der Waals surface area (Å²) in [5.74, 6) is -0.545. The summed E-state index contributed by atoms with van der Waals surface area (Å²) in [6.45, 7) is 3.11. The van der Waals surface area contributed by atoms with Crippen molar-refractivity contribution in [1.82, 2.24) is 0 Å². The second-order valence-electron chi connectivity index (χ2n) is 4.44. The summed E-state index contributed by atoms with van der Waals surface area (Å²) in [7, 11) is -3.89. The van der Waals surface area contributed by atoms with Crippen LogP contribution in [-0.4, -0.2) is 14.3 Å². The lowest BCUT2D eigenvalue weighted by atomic mass is 10.2. The third kappa shape index (κ3) is 2.72. The van der Waals surface area contributed by atoms with E-state index >= 15 is 0 Å². The van der Waals surface area contributed by atoms with Gasteiger partial charge in [0.1, 0.15) is 0 Å². The van der Waals surface area contributed by atoms with E-state index in [9.17, 15) is 13.2 Å².